The first kappa shape index (κ1) is 11.3. The van der Waals surface area contributed by atoms with Gasteiger partial charge in [-0.2, -0.15) is 0 Å². The van der Waals surface area contributed by atoms with Gasteiger partial charge in [0.05, 0.1) is 5.56 Å². The largest absolute Gasteiger partial charge is 0.478 e. The van der Waals surface area contributed by atoms with Crippen molar-refractivity contribution in [2.24, 2.45) is 0 Å². The van der Waals surface area contributed by atoms with Crippen LogP contribution in [-0.4, -0.2) is 22.8 Å². The fourth-order valence-electron chi connectivity index (χ4n) is 1.82. The molecule has 0 aliphatic carbocycles. The molecule has 0 radical (unpaired) electrons. The standard InChI is InChI=1S/C12H11NO4/c14-9-4-5-10(15)13-11(9)7-2-1-3-8(6-7)12(16)17/h1-3,6,11H,4-5H2,(H,13,15)(H,16,17). The maximum atomic E-state index is 11.7. The van der Waals surface area contributed by atoms with Crippen LogP contribution in [0.5, 0.6) is 0 Å². The highest BCUT2D eigenvalue weighted by Crippen LogP contribution is 2.21. The second kappa shape index (κ2) is 4.37. The summed E-state index contributed by atoms with van der Waals surface area (Å²) in [5.41, 5.74) is 0.623. The molecule has 1 amide bonds. The Morgan fingerprint density at radius 1 is 1.29 bits per heavy atom. The normalized spacial score (nSPS) is 19.9. The zero-order chi connectivity index (χ0) is 12.4. The van der Waals surface area contributed by atoms with Gasteiger partial charge in [0.15, 0.2) is 5.78 Å². The minimum atomic E-state index is -1.05. The molecule has 1 aliphatic heterocycles. The van der Waals surface area contributed by atoms with Crippen LogP contribution in [0.3, 0.4) is 0 Å². The Morgan fingerprint density at radius 2 is 2.06 bits per heavy atom. The van der Waals surface area contributed by atoms with Crippen LogP contribution < -0.4 is 5.32 Å². The Labute approximate surface area is 97.4 Å². The highest BCUT2D eigenvalue weighted by Gasteiger charge is 2.27. The summed E-state index contributed by atoms with van der Waals surface area (Å²) in [6.45, 7) is 0. The number of Topliss-reactive ketones (excluding diaryl/α,β-unsaturated/α-hetero) is 1. The number of carboxylic acid groups (broad SMARTS) is 1. The number of piperidine rings is 1. The molecule has 1 aromatic carbocycles. The molecule has 1 aliphatic rings. The van der Waals surface area contributed by atoms with Gasteiger partial charge in [0, 0.05) is 12.8 Å². The van der Waals surface area contributed by atoms with E-state index < -0.39 is 12.0 Å². The molecule has 1 atom stereocenters. The molecular formula is C12H11NO4. The van der Waals surface area contributed by atoms with Crippen LogP contribution in [0.25, 0.3) is 0 Å². The minimum Gasteiger partial charge on any atom is -0.478 e. The molecule has 0 bridgehead atoms. The van der Waals surface area contributed by atoms with Gasteiger partial charge in [-0.3, -0.25) is 9.59 Å². The predicted molar refractivity (Wildman–Crippen MR) is 58.5 cm³/mol. The minimum absolute atomic E-state index is 0.0906. The van der Waals surface area contributed by atoms with Crippen LogP contribution in [0.1, 0.15) is 34.8 Å². The molecule has 0 aromatic heterocycles. The summed E-state index contributed by atoms with van der Waals surface area (Å²) in [4.78, 5) is 33.7. The van der Waals surface area contributed by atoms with Crippen LogP contribution in [0.2, 0.25) is 0 Å². The topological polar surface area (TPSA) is 83.5 Å². The first-order valence-electron chi connectivity index (χ1n) is 5.23. The molecule has 17 heavy (non-hydrogen) atoms. The number of aromatic carboxylic acids is 1. The number of hydrogen-bond donors (Lipinski definition) is 2. The molecule has 1 heterocycles. The quantitative estimate of drug-likeness (QED) is 0.795. The molecule has 5 heteroatoms. The number of hydrogen-bond acceptors (Lipinski definition) is 3. The van der Waals surface area contributed by atoms with Crippen molar-refractivity contribution in [3.63, 3.8) is 0 Å². The van der Waals surface area contributed by atoms with Crippen molar-refractivity contribution in [3.8, 4) is 0 Å². The van der Waals surface area contributed by atoms with Crippen LogP contribution in [-0.2, 0) is 9.59 Å². The van der Waals surface area contributed by atoms with E-state index >= 15 is 0 Å². The lowest BCUT2D eigenvalue weighted by molar-refractivity contribution is -0.132. The van der Waals surface area contributed by atoms with Crippen molar-refractivity contribution in [3.05, 3.63) is 35.4 Å². The van der Waals surface area contributed by atoms with Gasteiger partial charge >= 0.3 is 5.97 Å². The van der Waals surface area contributed by atoms with Crippen LogP contribution in [0, 0.1) is 0 Å². The zero-order valence-corrected chi connectivity index (χ0v) is 8.97. The molecule has 2 N–H and O–H groups in total. The molecule has 1 fully saturated rings. The second-order valence-corrected chi connectivity index (χ2v) is 3.90. The average Bonchev–Trinajstić information content (AvgIpc) is 2.32. The summed E-state index contributed by atoms with van der Waals surface area (Å²) in [7, 11) is 0. The van der Waals surface area contributed by atoms with Crippen molar-refractivity contribution in [2.45, 2.75) is 18.9 Å². The van der Waals surface area contributed by atoms with Crippen LogP contribution >= 0.6 is 0 Å². The summed E-state index contributed by atoms with van der Waals surface area (Å²) >= 11 is 0. The third-order valence-corrected chi connectivity index (χ3v) is 2.69. The Kier molecular flexibility index (Phi) is 2.91. The Balaban J connectivity index is 2.32. The molecule has 1 unspecified atom stereocenters. The maximum absolute atomic E-state index is 11.7. The summed E-state index contributed by atoms with van der Waals surface area (Å²) in [5, 5.41) is 11.4. The van der Waals surface area contributed by atoms with E-state index in [0.717, 1.165) is 0 Å². The van der Waals surface area contributed by atoms with Gasteiger partial charge < -0.3 is 10.4 Å². The van der Waals surface area contributed by atoms with Gasteiger partial charge in [0.1, 0.15) is 6.04 Å². The van der Waals surface area contributed by atoms with Gasteiger partial charge in [-0.15, -0.1) is 0 Å². The van der Waals surface area contributed by atoms with Crippen molar-refractivity contribution in [1.82, 2.24) is 5.32 Å². The Hall–Kier alpha value is -2.17. The molecular weight excluding hydrogens is 222 g/mol. The molecule has 1 saturated heterocycles. The van der Waals surface area contributed by atoms with Crippen LogP contribution in [0.4, 0.5) is 0 Å². The number of amides is 1. The van der Waals surface area contributed by atoms with Gasteiger partial charge in [-0.05, 0) is 17.7 Å². The van der Waals surface area contributed by atoms with E-state index in [-0.39, 0.29) is 30.1 Å². The van der Waals surface area contributed by atoms with Gasteiger partial charge in [-0.1, -0.05) is 12.1 Å². The van der Waals surface area contributed by atoms with E-state index in [2.05, 4.69) is 5.32 Å². The van der Waals surface area contributed by atoms with Gasteiger partial charge in [0.2, 0.25) is 5.91 Å². The summed E-state index contributed by atoms with van der Waals surface area (Å²) in [5.74, 6) is -1.33. The third kappa shape index (κ3) is 2.33. The lowest BCUT2D eigenvalue weighted by Gasteiger charge is -2.22. The van der Waals surface area contributed by atoms with Gasteiger partial charge in [0.25, 0.3) is 0 Å². The van der Waals surface area contributed by atoms with E-state index in [1.807, 2.05) is 0 Å². The summed E-state index contributed by atoms with van der Waals surface area (Å²) in [6, 6.07) is 5.35. The second-order valence-electron chi connectivity index (χ2n) is 3.90. The van der Waals surface area contributed by atoms with E-state index in [1.165, 1.54) is 12.1 Å². The summed E-state index contributed by atoms with van der Waals surface area (Å²) in [6.07, 6.45) is 0.405. The molecule has 1 aromatic rings. The Bertz CT molecular complexity index is 495. The molecule has 0 saturated carbocycles. The van der Waals surface area contributed by atoms with Crippen molar-refractivity contribution >= 4 is 17.7 Å². The molecule has 88 valence electrons. The summed E-state index contributed by atoms with van der Waals surface area (Å²) < 4.78 is 0. The lowest BCUT2D eigenvalue weighted by atomic mass is 9.95. The monoisotopic (exact) mass is 233 g/mol. The third-order valence-electron chi connectivity index (χ3n) is 2.69. The number of carbonyl (C=O) groups excluding carboxylic acids is 2. The SMILES string of the molecule is O=C1CCC(=O)C(c2cccc(C(=O)O)c2)N1. The van der Waals surface area contributed by atoms with Crippen LogP contribution in [0.15, 0.2) is 24.3 Å². The Morgan fingerprint density at radius 3 is 2.76 bits per heavy atom. The molecule has 5 nitrogen and oxygen atoms in total. The smallest absolute Gasteiger partial charge is 0.335 e. The van der Waals surface area contributed by atoms with E-state index in [0.29, 0.717) is 5.56 Å². The zero-order valence-electron chi connectivity index (χ0n) is 8.97. The van der Waals surface area contributed by atoms with Gasteiger partial charge in [-0.25, -0.2) is 4.79 Å². The number of carboxylic acids is 1. The number of benzene rings is 1. The maximum Gasteiger partial charge on any atom is 0.335 e. The molecule has 2 rings (SSSR count). The van der Waals surface area contributed by atoms with E-state index in [4.69, 9.17) is 5.11 Å². The first-order valence-corrected chi connectivity index (χ1v) is 5.23. The highest BCUT2D eigenvalue weighted by molar-refractivity contribution is 5.96. The number of carbonyl (C=O) groups is 3. The number of rotatable bonds is 2. The fourth-order valence-corrected chi connectivity index (χ4v) is 1.82. The number of ketones is 1. The van der Waals surface area contributed by atoms with E-state index in [9.17, 15) is 14.4 Å². The van der Waals surface area contributed by atoms with Crippen molar-refractivity contribution in [2.75, 3.05) is 0 Å². The predicted octanol–water partition coefficient (Wildman–Crippen LogP) is 0.905. The van der Waals surface area contributed by atoms with Crippen molar-refractivity contribution in [1.29, 1.82) is 0 Å². The van der Waals surface area contributed by atoms with Crippen molar-refractivity contribution < 1.29 is 19.5 Å². The average molecular weight is 233 g/mol. The molecule has 0 spiro atoms. The fraction of sp³-hybridized carbons (Fsp3) is 0.250. The highest BCUT2D eigenvalue weighted by atomic mass is 16.4. The first-order chi connectivity index (χ1) is 8.08. The number of nitrogens with one attached hydrogen (secondary N) is 1. The van der Waals surface area contributed by atoms with E-state index in [1.54, 1.807) is 12.1 Å². The lowest BCUT2D eigenvalue weighted by Crippen LogP contribution is -2.38.